The molecule has 1 aromatic carbocycles. The van der Waals surface area contributed by atoms with Gasteiger partial charge in [0.1, 0.15) is 0 Å². The van der Waals surface area contributed by atoms with E-state index in [-0.39, 0.29) is 0 Å². The lowest BCUT2D eigenvalue weighted by molar-refractivity contribution is -0.0313. The first-order valence-electron chi connectivity index (χ1n) is 7.02. The third kappa shape index (κ3) is 3.87. The highest BCUT2D eigenvalue weighted by molar-refractivity contribution is 6.31. The van der Waals surface area contributed by atoms with Gasteiger partial charge in [-0.25, -0.2) is 0 Å². The van der Waals surface area contributed by atoms with E-state index < -0.39 is 0 Å². The molecule has 2 atom stereocenters. The summed E-state index contributed by atoms with van der Waals surface area (Å²) >= 11 is 6.17. The van der Waals surface area contributed by atoms with Crippen LogP contribution in [-0.2, 0) is 11.3 Å². The van der Waals surface area contributed by atoms with Crippen molar-refractivity contribution in [2.75, 3.05) is 5.73 Å². The maximum atomic E-state index is 6.17. The van der Waals surface area contributed by atoms with Crippen molar-refractivity contribution in [3.05, 3.63) is 28.8 Å². The first-order chi connectivity index (χ1) is 8.87. The molecular formula is C16H24ClNO. The smallest absolute Gasteiger partial charge is 0.0755 e. The molecule has 3 heteroatoms. The Morgan fingerprint density at radius 1 is 1.37 bits per heavy atom. The second kappa shape index (κ2) is 5.72. The Labute approximate surface area is 121 Å². The summed E-state index contributed by atoms with van der Waals surface area (Å²) in [5.41, 5.74) is 7.96. The molecule has 106 valence electrons. The van der Waals surface area contributed by atoms with Crippen molar-refractivity contribution in [3.8, 4) is 0 Å². The molecule has 2 N–H and O–H groups in total. The molecule has 0 radical (unpaired) electrons. The van der Waals surface area contributed by atoms with E-state index in [1.165, 1.54) is 6.42 Å². The summed E-state index contributed by atoms with van der Waals surface area (Å²) in [5, 5.41) is 0.697. The molecule has 0 aliphatic heterocycles. The molecule has 0 heterocycles. The first-order valence-corrected chi connectivity index (χ1v) is 7.40. The van der Waals surface area contributed by atoms with Gasteiger partial charge in [0.25, 0.3) is 0 Å². The molecular weight excluding hydrogens is 258 g/mol. The van der Waals surface area contributed by atoms with Gasteiger partial charge in [-0.2, -0.15) is 0 Å². The van der Waals surface area contributed by atoms with Gasteiger partial charge in [-0.05, 0) is 42.7 Å². The Bertz CT molecular complexity index is 424. The molecule has 1 aliphatic rings. The van der Waals surface area contributed by atoms with E-state index in [2.05, 4.69) is 20.8 Å². The molecule has 0 aromatic heterocycles. The fourth-order valence-corrected chi connectivity index (χ4v) is 3.55. The number of nitrogens with two attached hydrogens (primary N) is 1. The van der Waals surface area contributed by atoms with Gasteiger partial charge in [0.2, 0.25) is 0 Å². The van der Waals surface area contributed by atoms with Crippen molar-refractivity contribution in [2.45, 2.75) is 52.7 Å². The molecule has 1 saturated carbocycles. The fourth-order valence-electron chi connectivity index (χ4n) is 3.31. The van der Waals surface area contributed by atoms with E-state index in [9.17, 15) is 0 Å². The van der Waals surface area contributed by atoms with Crippen molar-refractivity contribution in [1.82, 2.24) is 0 Å². The molecule has 2 nitrogen and oxygen atoms in total. The van der Waals surface area contributed by atoms with Gasteiger partial charge in [0.15, 0.2) is 0 Å². The van der Waals surface area contributed by atoms with Crippen LogP contribution in [0.15, 0.2) is 18.2 Å². The summed E-state index contributed by atoms with van der Waals surface area (Å²) in [5.74, 6) is 0.720. The van der Waals surface area contributed by atoms with Crippen LogP contribution in [0.5, 0.6) is 0 Å². The Hall–Kier alpha value is -0.730. The maximum Gasteiger partial charge on any atom is 0.0755 e. The highest BCUT2D eigenvalue weighted by Gasteiger charge is 2.32. The van der Waals surface area contributed by atoms with Crippen LogP contribution in [0.25, 0.3) is 0 Å². The zero-order chi connectivity index (χ0) is 14.0. The van der Waals surface area contributed by atoms with Crippen LogP contribution in [0.4, 0.5) is 5.69 Å². The normalized spacial score (nSPS) is 26.3. The SMILES string of the molecule is CC1CC(OCc2c(N)cccc2Cl)CC(C)(C)C1. The largest absolute Gasteiger partial charge is 0.398 e. The second-order valence-electron chi connectivity index (χ2n) is 6.65. The number of anilines is 1. The predicted octanol–water partition coefficient (Wildman–Crippen LogP) is 4.65. The van der Waals surface area contributed by atoms with Gasteiger partial charge >= 0.3 is 0 Å². The predicted molar refractivity (Wildman–Crippen MR) is 81.2 cm³/mol. The first kappa shape index (κ1) is 14.7. The fraction of sp³-hybridized carbons (Fsp3) is 0.625. The van der Waals surface area contributed by atoms with Crippen LogP contribution in [0.1, 0.15) is 45.6 Å². The van der Waals surface area contributed by atoms with Gasteiger partial charge < -0.3 is 10.5 Å². The van der Waals surface area contributed by atoms with Crippen LogP contribution in [-0.4, -0.2) is 6.10 Å². The van der Waals surface area contributed by atoms with Gasteiger partial charge in [0.05, 0.1) is 12.7 Å². The number of hydrogen-bond donors (Lipinski definition) is 1. The van der Waals surface area contributed by atoms with Gasteiger partial charge in [0, 0.05) is 16.3 Å². The minimum Gasteiger partial charge on any atom is -0.398 e. The Morgan fingerprint density at radius 3 is 2.74 bits per heavy atom. The summed E-state index contributed by atoms with van der Waals surface area (Å²) < 4.78 is 6.07. The van der Waals surface area contributed by atoms with E-state index >= 15 is 0 Å². The molecule has 1 fully saturated rings. The molecule has 19 heavy (non-hydrogen) atoms. The third-order valence-electron chi connectivity index (χ3n) is 3.97. The van der Waals surface area contributed by atoms with E-state index in [1.807, 2.05) is 18.2 Å². The van der Waals surface area contributed by atoms with Crippen molar-refractivity contribution in [3.63, 3.8) is 0 Å². The molecule has 1 aromatic rings. The second-order valence-corrected chi connectivity index (χ2v) is 7.06. The van der Waals surface area contributed by atoms with E-state index in [4.69, 9.17) is 22.1 Å². The molecule has 2 rings (SSSR count). The number of benzene rings is 1. The van der Waals surface area contributed by atoms with Crippen LogP contribution >= 0.6 is 11.6 Å². The monoisotopic (exact) mass is 281 g/mol. The molecule has 1 aliphatic carbocycles. The quantitative estimate of drug-likeness (QED) is 0.818. The van der Waals surface area contributed by atoms with E-state index in [0.29, 0.717) is 23.1 Å². The number of halogens is 1. The van der Waals surface area contributed by atoms with Crippen molar-refractivity contribution >= 4 is 17.3 Å². The summed E-state index contributed by atoms with van der Waals surface area (Å²) in [6.45, 7) is 7.46. The molecule has 2 unspecified atom stereocenters. The number of rotatable bonds is 3. The van der Waals surface area contributed by atoms with Crippen molar-refractivity contribution < 1.29 is 4.74 Å². The van der Waals surface area contributed by atoms with Gasteiger partial charge in [-0.3, -0.25) is 0 Å². The average Bonchev–Trinajstić information content (AvgIpc) is 2.25. The molecule has 0 spiro atoms. The van der Waals surface area contributed by atoms with Gasteiger partial charge in [-0.1, -0.05) is 38.4 Å². The van der Waals surface area contributed by atoms with Crippen LogP contribution in [0.2, 0.25) is 5.02 Å². The van der Waals surface area contributed by atoms with E-state index in [1.54, 1.807) is 0 Å². The number of hydrogen-bond acceptors (Lipinski definition) is 2. The third-order valence-corrected chi connectivity index (χ3v) is 4.32. The molecule has 0 amide bonds. The molecule has 0 saturated heterocycles. The Balaban J connectivity index is 1.99. The minimum absolute atomic E-state index is 0.314. The topological polar surface area (TPSA) is 35.2 Å². The van der Waals surface area contributed by atoms with Crippen molar-refractivity contribution in [1.29, 1.82) is 0 Å². The van der Waals surface area contributed by atoms with E-state index in [0.717, 1.165) is 30.0 Å². The number of nitrogen functional groups attached to an aromatic ring is 1. The summed E-state index contributed by atoms with van der Waals surface area (Å²) in [4.78, 5) is 0. The number of ether oxygens (including phenoxy) is 1. The Kier molecular flexibility index (Phi) is 4.42. The summed E-state index contributed by atoms with van der Waals surface area (Å²) in [7, 11) is 0. The lowest BCUT2D eigenvalue weighted by Gasteiger charge is -2.38. The standard InChI is InChI=1S/C16H24ClNO/c1-11-7-12(9-16(2,3)8-11)19-10-13-14(17)5-4-6-15(13)18/h4-6,11-12H,7-10,18H2,1-3H3. The van der Waals surface area contributed by atoms with Crippen LogP contribution in [0, 0.1) is 11.3 Å². The molecule has 0 bridgehead atoms. The summed E-state index contributed by atoms with van der Waals surface area (Å²) in [6.07, 6.45) is 3.84. The average molecular weight is 282 g/mol. The lowest BCUT2D eigenvalue weighted by atomic mass is 9.71. The van der Waals surface area contributed by atoms with Crippen molar-refractivity contribution in [2.24, 2.45) is 11.3 Å². The lowest BCUT2D eigenvalue weighted by Crippen LogP contribution is -2.32. The maximum absolute atomic E-state index is 6.17. The Morgan fingerprint density at radius 2 is 2.11 bits per heavy atom. The zero-order valence-electron chi connectivity index (χ0n) is 12.1. The highest BCUT2D eigenvalue weighted by atomic mass is 35.5. The summed E-state index contributed by atoms with van der Waals surface area (Å²) in [6, 6.07) is 5.61. The van der Waals surface area contributed by atoms with Gasteiger partial charge in [-0.15, -0.1) is 0 Å². The highest BCUT2D eigenvalue weighted by Crippen LogP contribution is 2.40. The van der Waals surface area contributed by atoms with Crippen LogP contribution in [0.3, 0.4) is 0 Å². The zero-order valence-corrected chi connectivity index (χ0v) is 12.8. The minimum atomic E-state index is 0.314. The van der Waals surface area contributed by atoms with Crippen LogP contribution < -0.4 is 5.73 Å².